The molecule has 4 aliphatic rings. The maximum atomic E-state index is 9.50. The summed E-state index contributed by atoms with van der Waals surface area (Å²) in [5.74, 6) is 1.67. The SMILES string of the molecule is CCCOc1cc(C=C(C#N)C#N)sc1-c1cc2c(s1)-c1sc3c4c(sc3c1C21CCCCC1)-c1sc(-c2sc(C=C(C#N)C#N)cc2OCCC)cc1C41CCCCC1. The van der Waals surface area contributed by atoms with Gasteiger partial charge in [-0.3, -0.25) is 0 Å². The molecule has 0 unspecified atom stereocenters. The lowest BCUT2D eigenvalue weighted by Gasteiger charge is -2.35. The Morgan fingerprint density at radius 1 is 0.533 bits per heavy atom. The highest BCUT2D eigenvalue weighted by molar-refractivity contribution is 7.35. The first-order valence-electron chi connectivity index (χ1n) is 20.9. The summed E-state index contributed by atoms with van der Waals surface area (Å²) in [6.45, 7) is 5.45. The third kappa shape index (κ3) is 6.10. The normalized spacial score (nSPS) is 16.3. The number of hydrogen-bond donors (Lipinski definition) is 0. The molecule has 0 atom stereocenters. The highest BCUT2D eigenvalue weighted by Gasteiger charge is 2.53. The van der Waals surface area contributed by atoms with Crippen LogP contribution in [0, 0.1) is 45.3 Å². The number of thiophene rings is 6. The summed E-state index contributed by atoms with van der Waals surface area (Å²) in [7, 11) is 0. The van der Waals surface area contributed by atoms with Gasteiger partial charge >= 0.3 is 0 Å². The third-order valence-corrected chi connectivity index (χ3v) is 20.3. The van der Waals surface area contributed by atoms with Crippen molar-refractivity contribution in [1.82, 2.24) is 0 Å². The molecule has 0 radical (unpaired) electrons. The second-order valence-corrected chi connectivity index (χ2v) is 22.5. The summed E-state index contributed by atoms with van der Waals surface area (Å²) in [5.41, 5.74) is 6.36. The molecule has 6 aromatic heterocycles. The molecule has 0 N–H and O–H groups in total. The molecule has 60 heavy (non-hydrogen) atoms. The largest absolute Gasteiger partial charge is 0.492 e. The molecule has 300 valence electrons. The second kappa shape index (κ2) is 15.8. The van der Waals surface area contributed by atoms with Gasteiger partial charge in [0.1, 0.15) is 46.9 Å². The fourth-order valence-electron chi connectivity index (χ4n) is 10.2. The van der Waals surface area contributed by atoms with Gasteiger partial charge in [0.25, 0.3) is 0 Å². The van der Waals surface area contributed by atoms with Gasteiger partial charge in [0, 0.05) is 51.2 Å². The van der Waals surface area contributed by atoms with E-state index in [9.17, 15) is 21.0 Å². The fourth-order valence-corrected chi connectivity index (χ4v) is 18.6. The summed E-state index contributed by atoms with van der Waals surface area (Å²) in [6.07, 6.45) is 17.3. The maximum Gasteiger partial charge on any atom is 0.139 e. The van der Waals surface area contributed by atoms with E-state index in [0.717, 1.165) is 69.5 Å². The van der Waals surface area contributed by atoms with Crippen LogP contribution in [-0.4, -0.2) is 13.2 Å². The van der Waals surface area contributed by atoms with Crippen LogP contribution in [0.1, 0.15) is 123 Å². The molecule has 0 saturated heterocycles. The zero-order chi connectivity index (χ0) is 41.2. The van der Waals surface area contributed by atoms with Crippen LogP contribution in [0.15, 0.2) is 35.4 Å². The number of ether oxygens (including phenoxy) is 2. The molecule has 0 amide bonds. The highest BCUT2D eigenvalue weighted by Crippen LogP contribution is 2.70. The van der Waals surface area contributed by atoms with Crippen LogP contribution in [0.25, 0.3) is 60.6 Å². The molecule has 12 heteroatoms. The molecule has 2 spiro atoms. The molecule has 10 rings (SSSR count). The van der Waals surface area contributed by atoms with Crippen LogP contribution < -0.4 is 9.47 Å². The highest BCUT2D eigenvalue weighted by atomic mass is 32.1. The first-order chi connectivity index (χ1) is 29.4. The number of fused-ring (bicyclic) bond motifs is 13. The predicted molar refractivity (Wildman–Crippen MR) is 251 cm³/mol. The average Bonchev–Trinajstić information content (AvgIpc) is 4.14. The van der Waals surface area contributed by atoms with E-state index in [1.807, 2.05) is 59.1 Å². The van der Waals surface area contributed by atoms with Crippen molar-refractivity contribution in [3.05, 3.63) is 67.4 Å². The Kier molecular flexibility index (Phi) is 10.4. The minimum atomic E-state index is -0.00496. The minimum absolute atomic E-state index is 0.00496. The Labute approximate surface area is 374 Å². The number of allylic oxidation sites excluding steroid dienone is 2. The van der Waals surface area contributed by atoms with Crippen molar-refractivity contribution in [3.63, 3.8) is 0 Å². The fraction of sp³-hybridized carbons (Fsp3) is 0.375. The molecule has 2 saturated carbocycles. The molecular weight excluding hydrogens is 857 g/mol. The van der Waals surface area contributed by atoms with E-state index < -0.39 is 0 Å². The van der Waals surface area contributed by atoms with Crippen molar-refractivity contribution >= 4 is 89.6 Å². The molecule has 0 bridgehead atoms. The summed E-state index contributed by atoms with van der Waals surface area (Å²) in [5, 5.41) is 38.0. The van der Waals surface area contributed by atoms with Crippen LogP contribution >= 0.6 is 68.0 Å². The number of hydrogen-bond acceptors (Lipinski definition) is 12. The summed E-state index contributed by atoms with van der Waals surface area (Å²) in [6, 6.07) is 17.0. The first-order valence-corrected chi connectivity index (χ1v) is 25.8. The van der Waals surface area contributed by atoms with Gasteiger partial charge in [-0.25, -0.2) is 0 Å². The van der Waals surface area contributed by atoms with Crippen molar-refractivity contribution in [3.8, 4) is 74.8 Å². The van der Waals surface area contributed by atoms with Gasteiger partial charge in [-0.15, -0.1) is 68.0 Å². The molecule has 2 fully saturated rings. The number of rotatable bonds is 10. The molecule has 6 nitrogen and oxygen atoms in total. The van der Waals surface area contributed by atoms with Crippen molar-refractivity contribution in [2.45, 2.75) is 102 Å². The van der Waals surface area contributed by atoms with E-state index in [4.69, 9.17) is 9.47 Å². The van der Waals surface area contributed by atoms with Gasteiger partial charge in [0.05, 0.1) is 42.1 Å². The minimum Gasteiger partial charge on any atom is -0.492 e. The van der Waals surface area contributed by atoms with Crippen LogP contribution in [0.2, 0.25) is 0 Å². The van der Waals surface area contributed by atoms with Gasteiger partial charge in [-0.2, -0.15) is 21.0 Å². The van der Waals surface area contributed by atoms with Crippen molar-refractivity contribution in [2.24, 2.45) is 0 Å². The van der Waals surface area contributed by atoms with Gasteiger partial charge < -0.3 is 9.47 Å². The Bertz CT molecular complexity index is 2700. The quantitative estimate of drug-likeness (QED) is 0.127. The van der Waals surface area contributed by atoms with Crippen LogP contribution in [-0.2, 0) is 10.8 Å². The van der Waals surface area contributed by atoms with Crippen LogP contribution in [0.3, 0.4) is 0 Å². The lowest BCUT2D eigenvalue weighted by atomic mass is 9.67. The summed E-state index contributed by atoms with van der Waals surface area (Å²) >= 11 is 11.2. The molecule has 6 aromatic rings. The van der Waals surface area contributed by atoms with E-state index in [-0.39, 0.29) is 22.0 Å². The Morgan fingerprint density at radius 2 is 0.933 bits per heavy atom. The average molecular weight is 897 g/mol. The lowest BCUT2D eigenvalue weighted by molar-refractivity contribution is 0.320. The Morgan fingerprint density at radius 3 is 1.30 bits per heavy atom. The molecule has 6 heterocycles. The van der Waals surface area contributed by atoms with Crippen LogP contribution in [0.5, 0.6) is 11.5 Å². The zero-order valence-corrected chi connectivity index (χ0v) is 38.3. The van der Waals surface area contributed by atoms with Crippen molar-refractivity contribution in [2.75, 3.05) is 13.2 Å². The van der Waals surface area contributed by atoms with Crippen molar-refractivity contribution in [1.29, 1.82) is 21.0 Å². The second-order valence-electron chi connectivity index (χ2n) is 16.2. The number of nitrogens with zero attached hydrogens (tertiary/aromatic N) is 4. The topological polar surface area (TPSA) is 114 Å². The smallest absolute Gasteiger partial charge is 0.139 e. The first kappa shape index (κ1) is 39.6. The van der Waals surface area contributed by atoms with Gasteiger partial charge in [-0.05, 0) is 86.1 Å². The van der Waals surface area contributed by atoms with E-state index in [2.05, 4.69) is 48.7 Å². The third-order valence-electron chi connectivity index (χ3n) is 12.7. The Hall–Kier alpha value is -4.50. The van der Waals surface area contributed by atoms with Crippen molar-refractivity contribution < 1.29 is 9.47 Å². The molecular formula is C48H40N4O2S6. The summed E-state index contributed by atoms with van der Waals surface area (Å²) < 4.78 is 15.7. The summed E-state index contributed by atoms with van der Waals surface area (Å²) in [4.78, 5) is 12.1. The Balaban J connectivity index is 1.12. The monoisotopic (exact) mass is 896 g/mol. The molecule has 4 aliphatic carbocycles. The van der Waals surface area contributed by atoms with Gasteiger partial charge in [-0.1, -0.05) is 52.4 Å². The van der Waals surface area contributed by atoms with Crippen LogP contribution in [0.4, 0.5) is 0 Å². The predicted octanol–water partition coefficient (Wildman–Crippen LogP) is 15.4. The van der Waals surface area contributed by atoms with E-state index in [0.29, 0.717) is 13.2 Å². The van der Waals surface area contributed by atoms with E-state index in [1.165, 1.54) is 88.3 Å². The van der Waals surface area contributed by atoms with E-state index in [1.54, 1.807) is 46.0 Å². The number of nitriles is 4. The van der Waals surface area contributed by atoms with Gasteiger partial charge in [0.2, 0.25) is 0 Å². The molecule has 0 aliphatic heterocycles. The van der Waals surface area contributed by atoms with E-state index >= 15 is 0 Å². The standard InChI is InChI=1S/C48H40N4O2S6/c1-3-15-53-33-19-29(17-27(23-49)24-50)55-41(33)35-21-31-39(57-35)43-37(47(31)11-7-5-8-12-47)45-46(59-43)38-44(60-45)40-32(48(38)13-9-6-10-14-48)22-36(58-40)42-34(54-16-4-2)20-30(56-42)18-28(25-51)26-52/h17-22H,3-16H2,1-2H3. The molecule has 0 aromatic carbocycles. The lowest BCUT2D eigenvalue weighted by Crippen LogP contribution is -2.28. The van der Waals surface area contributed by atoms with Gasteiger partial charge in [0.15, 0.2) is 0 Å². The maximum absolute atomic E-state index is 9.50. The zero-order valence-electron chi connectivity index (χ0n) is 33.4.